The molecule has 15 heavy (non-hydrogen) atoms. The Morgan fingerprint density at radius 3 is 2.80 bits per heavy atom. The first kappa shape index (κ1) is 11.8. The van der Waals surface area contributed by atoms with Crippen LogP contribution in [0.3, 0.4) is 0 Å². The van der Waals surface area contributed by atoms with Gasteiger partial charge in [0.05, 0.1) is 5.92 Å². The molecule has 1 atom stereocenters. The average molecular weight is 205 g/mol. The van der Waals surface area contributed by atoms with Crippen molar-refractivity contribution < 1.29 is 4.79 Å². The van der Waals surface area contributed by atoms with E-state index in [4.69, 9.17) is 0 Å². The standard InChI is InChI=1S/C13H19NO/c1-3-8-13(15)11(4-2)12-9-6-5-7-10-14-12/h5-7,9-11,14H,3-4,8H2,1-2H3. The van der Waals surface area contributed by atoms with Gasteiger partial charge in [-0.25, -0.2) is 0 Å². The van der Waals surface area contributed by atoms with Gasteiger partial charge in [-0.05, 0) is 25.0 Å². The number of rotatable bonds is 5. The van der Waals surface area contributed by atoms with E-state index in [1.165, 1.54) is 0 Å². The summed E-state index contributed by atoms with van der Waals surface area (Å²) in [5.41, 5.74) is 1.01. The maximum Gasteiger partial charge on any atom is 0.141 e. The van der Waals surface area contributed by atoms with Crippen molar-refractivity contribution in [2.75, 3.05) is 0 Å². The number of nitrogens with one attached hydrogen (secondary N) is 1. The molecule has 82 valence electrons. The lowest BCUT2D eigenvalue weighted by atomic mass is 9.94. The van der Waals surface area contributed by atoms with Crippen LogP contribution in [0.25, 0.3) is 0 Å². The molecule has 0 aromatic heterocycles. The highest BCUT2D eigenvalue weighted by Gasteiger charge is 2.19. The number of hydrogen-bond acceptors (Lipinski definition) is 2. The molecule has 0 aliphatic carbocycles. The zero-order valence-electron chi connectivity index (χ0n) is 9.49. The Morgan fingerprint density at radius 2 is 2.13 bits per heavy atom. The number of allylic oxidation sites excluding steroid dienone is 5. The minimum Gasteiger partial charge on any atom is -0.364 e. The molecule has 1 unspecified atom stereocenters. The van der Waals surface area contributed by atoms with Crippen molar-refractivity contribution in [3.63, 3.8) is 0 Å². The van der Waals surface area contributed by atoms with Crippen LogP contribution < -0.4 is 5.32 Å². The minimum absolute atomic E-state index is 0.0253. The molecule has 0 saturated carbocycles. The summed E-state index contributed by atoms with van der Waals surface area (Å²) in [7, 11) is 0. The first-order chi connectivity index (χ1) is 7.29. The summed E-state index contributed by atoms with van der Waals surface area (Å²) in [4.78, 5) is 11.9. The first-order valence-corrected chi connectivity index (χ1v) is 5.62. The third-order valence-corrected chi connectivity index (χ3v) is 2.51. The average Bonchev–Trinajstić information content (AvgIpc) is 2.48. The van der Waals surface area contributed by atoms with E-state index in [-0.39, 0.29) is 5.92 Å². The summed E-state index contributed by atoms with van der Waals surface area (Å²) in [5.74, 6) is 0.361. The molecule has 0 amide bonds. The van der Waals surface area contributed by atoms with Gasteiger partial charge in [-0.3, -0.25) is 4.79 Å². The zero-order chi connectivity index (χ0) is 11.1. The molecule has 0 spiro atoms. The number of carbonyl (C=O) groups is 1. The van der Waals surface area contributed by atoms with Crippen molar-refractivity contribution in [3.05, 3.63) is 36.2 Å². The molecule has 1 heterocycles. The Hall–Kier alpha value is -1.31. The van der Waals surface area contributed by atoms with Crippen LogP contribution in [0.5, 0.6) is 0 Å². The van der Waals surface area contributed by atoms with E-state index in [0.29, 0.717) is 12.2 Å². The monoisotopic (exact) mass is 205 g/mol. The minimum atomic E-state index is 0.0253. The van der Waals surface area contributed by atoms with Gasteiger partial charge in [0, 0.05) is 18.3 Å². The second kappa shape index (κ2) is 6.23. The van der Waals surface area contributed by atoms with Crippen LogP contribution in [0.2, 0.25) is 0 Å². The highest BCUT2D eigenvalue weighted by molar-refractivity contribution is 5.83. The van der Waals surface area contributed by atoms with Crippen molar-refractivity contribution in [1.29, 1.82) is 0 Å². The van der Waals surface area contributed by atoms with Crippen LogP contribution in [0.4, 0.5) is 0 Å². The smallest absolute Gasteiger partial charge is 0.141 e. The van der Waals surface area contributed by atoms with Gasteiger partial charge in [0.1, 0.15) is 5.78 Å². The van der Waals surface area contributed by atoms with Gasteiger partial charge in [0.25, 0.3) is 0 Å². The highest BCUT2D eigenvalue weighted by Crippen LogP contribution is 2.17. The van der Waals surface area contributed by atoms with E-state index in [9.17, 15) is 4.79 Å². The van der Waals surface area contributed by atoms with Gasteiger partial charge in [-0.1, -0.05) is 26.0 Å². The predicted octanol–water partition coefficient (Wildman–Crippen LogP) is 2.94. The number of ketones is 1. The predicted molar refractivity (Wildman–Crippen MR) is 63.2 cm³/mol. The summed E-state index contributed by atoms with van der Waals surface area (Å²) < 4.78 is 0. The van der Waals surface area contributed by atoms with Gasteiger partial charge in [-0.15, -0.1) is 0 Å². The van der Waals surface area contributed by atoms with Crippen LogP contribution in [-0.2, 0) is 4.79 Å². The van der Waals surface area contributed by atoms with Crippen molar-refractivity contribution in [2.45, 2.75) is 33.1 Å². The first-order valence-electron chi connectivity index (χ1n) is 5.62. The fraction of sp³-hybridized carbons (Fsp3) is 0.462. The topological polar surface area (TPSA) is 29.1 Å². The fourth-order valence-electron chi connectivity index (χ4n) is 1.73. The van der Waals surface area contributed by atoms with Gasteiger partial charge < -0.3 is 5.32 Å². The largest absolute Gasteiger partial charge is 0.364 e. The van der Waals surface area contributed by atoms with E-state index < -0.39 is 0 Å². The molecule has 1 N–H and O–H groups in total. The fourth-order valence-corrected chi connectivity index (χ4v) is 1.73. The maximum atomic E-state index is 11.9. The SMILES string of the molecule is CCCC(=O)C(CC)C1=CC=CC=CN1. The second-order valence-electron chi connectivity index (χ2n) is 3.69. The number of hydrogen-bond donors (Lipinski definition) is 1. The summed E-state index contributed by atoms with van der Waals surface area (Å²) in [6.07, 6.45) is 12.2. The van der Waals surface area contributed by atoms with Gasteiger partial charge in [0.2, 0.25) is 0 Å². The zero-order valence-corrected chi connectivity index (χ0v) is 9.49. The normalized spacial score (nSPS) is 16.5. The molecule has 1 rings (SSSR count). The molecule has 0 saturated heterocycles. The van der Waals surface area contributed by atoms with Crippen molar-refractivity contribution in [2.24, 2.45) is 5.92 Å². The number of carbonyl (C=O) groups excluding carboxylic acids is 1. The van der Waals surface area contributed by atoms with Crippen molar-refractivity contribution >= 4 is 5.78 Å². The van der Waals surface area contributed by atoms with E-state index in [0.717, 1.165) is 18.5 Å². The molecule has 0 bridgehead atoms. The van der Waals surface area contributed by atoms with Crippen LogP contribution in [0, 0.1) is 5.92 Å². The maximum absolute atomic E-state index is 11.9. The molecule has 0 radical (unpaired) electrons. The van der Waals surface area contributed by atoms with E-state index >= 15 is 0 Å². The van der Waals surface area contributed by atoms with Crippen LogP contribution >= 0.6 is 0 Å². The van der Waals surface area contributed by atoms with Crippen LogP contribution in [-0.4, -0.2) is 5.78 Å². The van der Waals surface area contributed by atoms with Gasteiger partial charge >= 0.3 is 0 Å². The molecular formula is C13H19NO. The van der Waals surface area contributed by atoms with E-state index in [1.807, 2.05) is 37.4 Å². The highest BCUT2D eigenvalue weighted by atomic mass is 16.1. The van der Waals surface area contributed by atoms with E-state index in [2.05, 4.69) is 12.2 Å². The van der Waals surface area contributed by atoms with Gasteiger partial charge in [0.15, 0.2) is 0 Å². The molecule has 2 nitrogen and oxygen atoms in total. The van der Waals surface area contributed by atoms with Crippen LogP contribution in [0.1, 0.15) is 33.1 Å². The Labute approximate surface area is 91.8 Å². The lowest BCUT2D eigenvalue weighted by molar-refractivity contribution is -0.122. The molecule has 0 aromatic rings. The Bertz CT molecular complexity index is 300. The summed E-state index contributed by atoms with van der Waals surface area (Å²) in [6.45, 7) is 4.10. The molecule has 0 aromatic carbocycles. The Morgan fingerprint density at radius 1 is 1.33 bits per heavy atom. The summed E-state index contributed by atoms with van der Waals surface area (Å²) in [6, 6.07) is 0. The Kier molecular flexibility index (Phi) is 4.88. The molecule has 2 heteroatoms. The Balaban J connectivity index is 2.73. The number of Topliss-reactive ketones (excluding diaryl/α,β-unsaturated/α-hetero) is 1. The van der Waals surface area contributed by atoms with Gasteiger partial charge in [-0.2, -0.15) is 0 Å². The molecule has 1 aliphatic heterocycles. The van der Waals surface area contributed by atoms with Crippen molar-refractivity contribution in [3.8, 4) is 0 Å². The molecule has 1 aliphatic rings. The van der Waals surface area contributed by atoms with Crippen LogP contribution in [0.15, 0.2) is 36.2 Å². The third kappa shape index (κ3) is 3.39. The molecule has 0 fully saturated rings. The van der Waals surface area contributed by atoms with Crippen molar-refractivity contribution in [1.82, 2.24) is 5.32 Å². The lowest BCUT2D eigenvalue weighted by Gasteiger charge is -2.16. The lowest BCUT2D eigenvalue weighted by Crippen LogP contribution is -2.22. The third-order valence-electron chi connectivity index (χ3n) is 2.51. The van der Waals surface area contributed by atoms with E-state index in [1.54, 1.807) is 0 Å². The summed E-state index contributed by atoms with van der Waals surface area (Å²) in [5, 5.41) is 3.17. The second-order valence-corrected chi connectivity index (χ2v) is 3.69. The quantitative estimate of drug-likeness (QED) is 0.747. The summed E-state index contributed by atoms with van der Waals surface area (Å²) >= 11 is 0. The molecular weight excluding hydrogens is 186 g/mol.